The van der Waals surface area contributed by atoms with Crippen LogP contribution in [0.4, 0.5) is 16.0 Å². The van der Waals surface area contributed by atoms with Crippen LogP contribution in [-0.4, -0.2) is 22.4 Å². The maximum Gasteiger partial charge on any atom is 0.274 e. The number of amides is 1. The van der Waals surface area contributed by atoms with Crippen LogP contribution in [0.1, 0.15) is 24.3 Å². The Morgan fingerprint density at radius 3 is 2.62 bits per heavy atom. The van der Waals surface area contributed by atoms with Crippen molar-refractivity contribution in [1.29, 1.82) is 0 Å². The summed E-state index contributed by atoms with van der Waals surface area (Å²) < 4.78 is 12.8. The summed E-state index contributed by atoms with van der Waals surface area (Å²) in [7, 11) is 0. The minimum absolute atomic E-state index is 0.251. The number of carbonyl (C=O) groups excluding carboxylic acids is 1. The molecule has 0 saturated carbocycles. The third kappa shape index (κ3) is 4.52. The lowest BCUT2D eigenvalue weighted by Gasteiger charge is -2.08. The summed E-state index contributed by atoms with van der Waals surface area (Å²) in [4.78, 5) is 20.3. The van der Waals surface area contributed by atoms with Gasteiger partial charge in [0.1, 0.15) is 11.5 Å². The molecule has 0 aliphatic carbocycles. The Bertz CT molecular complexity index is 613. The van der Waals surface area contributed by atoms with Gasteiger partial charge in [-0.05, 0) is 36.2 Å². The van der Waals surface area contributed by atoms with Gasteiger partial charge in [0.25, 0.3) is 5.91 Å². The predicted molar refractivity (Wildman–Crippen MR) is 79.7 cm³/mol. The first-order chi connectivity index (χ1) is 10.0. The number of nitrogens with zero attached hydrogens (tertiary/aromatic N) is 2. The Morgan fingerprint density at radius 1 is 1.24 bits per heavy atom. The van der Waals surface area contributed by atoms with Gasteiger partial charge >= 0.3 is 0 Å². The third-order valence-corrected chi connectivity index (χ3v) is 2.66. The topological polar surface area (TPSA) is 66.9 Å². The highest BCUT2D eigenvalue weighted by Crippen LogP contribution is 2.10. The molecule has 5 nitrogen and oxygen atoms in total. The molecule has 0 bridgehead atoms. The van der Waals surface area contributed by atoms with E-state index in [9.17, 15) is 9.18 Å². The quantitative estimate of drug-likeness (QED) is 0.887. The van der Waals surface area contributed by atoms with E-state index in [0.717, 1.165) is 6.54 Å². The molecule has 0 aliphatic heterocycles. The van der Waals surface area contributed by atoms with Crippen molar-refractivity contribution in [3.05, 3.63) is 48.0 Å². The SMILES string of the molecule is CC(C)CNc1nccc(C(=O)Nc2ccc(F)cc2)n1. The van der Waals surface area contributed by atoms with Gasteiger partial charge in [-0.1, -0.05) is 13.8 Å². The number of halogens is 1. The number of anilines is 2. The zero-order valence-corrected chi connectivity index (χ0v) is 11.9. The van der Waals surface area contributed by atoms with E-state index < -0.39 is 0 Å². The van der Waals surface area contributed by atoms with Crippen LogP contribution in [-0.2, 0) is 0 Å². The zero-order chi connectivity index (χ0) is 15.2. The Morgan fingerprint density at radius 2 is 1.95 bits per heavy atom. The van der Waals surface area contributed by atoms with Gasteiger partial charge in [0.05, 0.1) is 0 Å². The van der Waals surface area contributed by atoms with Gasteiger partial charge in [0, 0.05) is 18.4 Å². The molecule has 0 atom stereocenters. The van der Waals surface area contributed by atoms with Gasteiger partial charge in [-0.25, -0.2) is 14.4 Å². The van der Waals surface area contributed by atoms with Crippen LogP contribution in [0, 0.1) is 11.7 Å². The Labute approximate surface area is 122 Å². The molecular formula is C15H17FN4O. The lowest BCUT2D eigenvalue weighted by Crippen LogP contribution is -2.16. The lowest BCUT2D eigenvalue weighted by atomic mass is 10.2. The molecule has 2 N–H and O–H groups in total. The maximum atomic E-state index is 12.8. The highest BCUT2D eigenvalue weighted by atomic mass is 19.1. The second-order valence-electron chi connectivity index (χ2n) is 5.00. The molecule has 6 heteroatoms. The summed E-state index contributed by atoms with van der Waals surface area (Å²) in [5.74, 6) is 0.146. The van der Waals surface area contributed by atoms with E-state index in [4.69, 9.17) is 0 Å². The van der Waals surface area contributed by atoms with E-state index in [1.54, 1.807) is 0 Å². The Balaban J connectivity index is 2.05. The summed E-state index contributed by atoms with van der Waals surface area (Å²) in [6, 6.07) is 7.08. The van der Waals surface area contributed by atoms with E-state index >= 15 is 0 Å². The first-order valence-electron chi connectivity index (χ1n) is 6.68. The molecule has 1 aromatic carbocycles. The number of nitrogens with one attached hydrogen (secondary N) is 2. The first-order valence-corrected chi connectivity index (χ1v) is 6.68. The zero-order valence-electron chi connectivity index (χ0n) is 11.9. The van der Waals surface area contributed by atoms with Crippen molar-refractivity contribution in [1.82, 2.24) is 9.97 Å². The van der Waals surface area contributed by atoms with Crippen molar-refractivity contribution in [2.24, 2.45) is 5.92 Å². The van der Waals surface area contributed by atoms with Crippen molar-refractivity contribution < 1.29 is 9.18 Å². The van der Waals surface area contributed by atoms with E-state index in [1.165, 1.54) is 36.5 Å². The number of rotatable bonds is 5. The Hall–Kier alpha value is -2.50. The van der Waals surface area contributed by atoms with Crippen LogP contribution in [0.15, 0.2) is 36.5 Å². The van der Waals surface area contributed by atoms with Crippen LogP contribution in [0.5, 0.6) is 0 Å². The fourth-order valence-corrected chi connectivity index (χ4v) is 1.59. The molecule has 0 aliphatic rings. The predicted octanol–water partition coefficient (Wildman–Crippen LogP) is 2.94. The van der Waals surface area contributed by atoms with Crippen LogP contribution in [0.3, 0.4) is 0 Å². The molecule has 0 spiro atoms. The fourth-order valence-electron chi connectivity index (χ4n) is 1.59. The number of hydrogen-bond acceptors (Lipinski definition) is 4. The number of aromatic nitrogens is 2. The number of carbonyl (C=O) groups is 1. The molecule has 0 unspecified atom stereocenters. The van der Waals surface area contributed by atoms with Gasteiger partial charge in [-0.3, -0.25) is 4.79 Å². The van der Waals surface area contributed by atoms with E-state index in [1.807, 2.05) is 0 Å². The van der Waals surface area contributed by atoms with Crippen molar-refractivity contribution >= 4 is 17.5 Å². The minimum Gasteiger partial charge on any atom is -0.354 e. The van der Waals surface area contributed by atoms with Crippen molar-refractivity contribution in [3.8, 4) is 0 Å². The van der Waals surface area contributed by atoms with Gasteiger partial charge in [-0.2, -0.15) is 0 Å². The third-order valence-electron chi connectivity index (χ3n) is 2.66. The van der Waals surface area contributed by atoms with Gasteiger partial charge in [0.2, 0.25) is 5.95 Å². The summed E-state index contributed by atoms with van der Waals surface area (Å²) >= 11 is 0. The molecule has 110 valence electrons. The average molecular weight is 288 g/mol. The molecule has 21 heavy (non-hydrogen) atoms. The van der Waals surface area contributed by atoms with E-state index in [2.05, 4.69) is 34.4 Å². The average Bonchev–Trinajstić information content (AvgIpc) is 2.48. The van der Waals surface area contributed by atoms with Crippen LogP contribution >= 0.6 is 0 Å². The summed E-state index contributed by atoms with van der Waals surface area (Å²) in [6.45, 7) is 4.86. The Kier molecular flexibility index (Phi) is 4.81. The van der Waals surface area contributed by atoms with Crippen molar-refractivity contribution in [3.63, 3.8) is 0 Å². The highest BCUT2D eigenvalue weighted by Gasteiger charge is 2.09. The molecule has 0 fully saturated rings. The smallest absolute Gasteiger partial charge is 0.274 e. The fraction of sp³-hybridized carbons (Fsp3) is 0.267. The van der Waals surface area contributed by atoms with E-state index in [0.29, 0.717) is 17.6 Å². The molecular weight excluding hydrogens is 271 g/mol. The molecule has 0 saturated heterocycles. The summed E-state index contributed by atoms with van der Waals surface area (Å²) in [6.07, 6.45) is 1.52. The summed E-state index contributed by atoms with van der Waals surface area (Å²) in [5, 5.41) is 5.71. The standard InChI is InChI=1S/C15H17FN4O/c1-10(2)9-18-15-17-8-7-13(20-15)14(21)19-12-5-3-11(16)4-6-12/h3-8,10H,9H2,1-2H3,(H,19,21)(H,17,18,20). The monoisotopic (exact) mass is 288 g/mol. The van der Waals surface area contributed by atoms with Crippen LogP contribution < -0.4 is 10.6 Å². The molecule has 2 aromatic rings. The highest BCUT2D eigenvalue weighted by molar-refractivity contribution is 6.02. The van der Waals surface area contributed by atoms with Crippen molar-refractivity contribution in [2.75, 3.05) is 17.2 Å². The molecule has 1 heterocycles. The minimum atomic E-state index is -0.364. The van der Waals surface area contributed by atoms with Crippen LogP contribution in [0.25, 0.3) is 0 Å². The summed E-state index contributed by atoms with van der Waals surface area (Å²) in [5.41, 5.74) is 0.761. The largest absolute Gasteiger partial charge is 0.354 e. The lowest BCUT2D eigenvalue weighted by molar-refractivity contribution is 0.102. The van der Waals surface area contributed by atoms with Crippen molar-refractivity contribution in [2.45, 2.75) is 13.8 Å². The molecule has 1 aromatic heterocycles. The molecule has 1 amide bonds. The normalized spacial score (nSPS) is 10.5. The molecule has 0 radical (unpaired) electrons. The first kappa shape index (κ1) is 14.9. The van der Waals surface area contributed by atoms with Gasteiger partial charge in [0.15, 0.2) is 0 Å². The van der Waals surface area contributed by atoms with Gasteiger partial charge < -0.3 is 10.6 Å². The van der Waals surface area contributed by atoms with Crippen LogP contribution in [0.2, 0.25) is 0 Å². The molecule has 2 rings (SSSR count). The maximum absolute atomic E-state index is 12.8. The number of benzene rings is 1. The second kappa shape index (κ2) is 6.78. The number of hydrogen-bond donors (Lipinski definition) is 2. The second-order valence-corrected chi connectivity index (χ2v) is 5.00. The van der Waals surface area contributed by atoms with E-state index in [-0.39, 0.29) is 17.4 Å². The van der Waals surface area contributed by atoms with Gasteiger partial charge in [-0.15, -0.1) is 0 Å².